The minimum Gasteiger partial charge on any atom is -0.372 e. The molecular formula is C24H28N4O2S. The number of amides is 1. The van der Waals surface area contributed by atoms with Gasteiger partial charge >= 0.3 is 0 Å². The number of aryl methyl sites for hydroxylation is 2. The van der Waals surface area contributed by atoms with Crippen LogP contribution in [0.15, 0.2) is 42.5 Å². The van der Waals surface area contributed by atoms with Crippen LogP contribution < -0.4 is 10.2 Å². The topological polar surface area (TPSA) is 67.3 Å². The summed E-state index contributed by atoms with van der Waals surface area (Å²) in [5.74, 6) is -0.100. The molecule has 0 unspecified atom stereocenters. The van der Waals surface area contributed by atoms with E-state index in [-0.39, 0.29) is 18.1 Å². The van der Waals surface area contributed by atoms with Crippen molar-refractivity contribution in [2.45, 2.75) is 46.4 Å². The average Bonchev–Trinajstić information content (AvgIpc) is 3.16. The fourth-order valence-electron chi connectivity index (χ4n) is 3.98. The zero-order valence-corrected chi connectivity index (χ0v) is 19.2. The van der Waals surface area contributed by atoms with E-state index in [1.165, 1.54) is 0 Å². The number of nitrogens with one attached hydrogen (secondary N) is 1. The molecule has 2 aromatic heterocycles. The third-order valence-corrected chi connectivity index (χ3v) is 6.38. The summed E-state index contributed by atoms with van der Waals surface area (Å²) in [6.45, 7) is 10.2. The molecule has 1 amide bonds. The van der Waals surface area contributed by atoms with Crippen LogP contribution in [0.4, 0.5) is 5.13 Å². The van der Waals surface area contributed by atoms with Crippen molar-refractivity contribution in [1.82, 2.24) is 15.3 Å². The predicted octanol–water partition coefficient (Wildman–Crippen LogP) is 4.37. The van der Waals surface area contributed by atoms with E-state index in [1.54, 1.807) is 11.3 Å². The Bertz CT molecular complexity index is 1040. The maximum Gasteiger partial charge on any atom is 0.251 e. The number of hydrogen-bond acceptors (Lipinski definition) is 6. The zero-order chi connectivity index (χ0) is 22.0. The van der Waals surface area contributed by atoms with Gasteiger partial charge in [-0.15, -0.1) is 0 Å². The Kier molecular flexibility index (Phi) is 6.34. The number of carbonyl (C=O) groups is 1. The summed E-state index contributed by atoms with van der Waals surface area (Å²) in [6, 6.07) is 13.4. The number of thiazole rings is 1. The summed E-state index contributed by atoms with van der Waals surface area (Å²) in [7, 11) is 0. The third-order valence-electron chi connectivity index (χ3n) is 5.17. The lowest BCUT2D eigenvalue weighted by Gasteiger charge is -2.35. The fourth-order valence-corrected chi connectivity index (χ4v) is 5.06. The first-order chi connectivity index (χ1) is 14.9. The number of aromatic nitrogens is 2. The third kappa shape index (κ3) is 5.11. The van der Waals surface area contributed by atoms with Crippen LogP contribution >= 0.6 is 11.3 Å². The van der Waals surface area contributed by atoms with Crippen LogP contribution in [-0.2, 0) is 11.3 Å². The quantitative estimate of drug-likeness (QED) is 0.643. The fraction of sp³-hybridized carbons (Fsp3) is 0.375. The number of pyridine rings is 1. The molecular weight excluding hydrogens is 408 g/mol. The molecule has 1 aliphatic rings. The van der Waals surface area contributed by atoms with Crippen molar-refractivity contribution < 1.29 is 9.53 Å². The molecule has 1 N–H and O–H groups in total. The molecule has 1 aliphatic heterocycles. The maximum atomic E-state index is 12.6. The van der Waals surface area contributed by atoms with Gasteiger partial charge in [-0.1, -0.05) is 29.5 Å². The number of nitrogens with zero attached hydrogens (tertiary/aromatic N) is 3. The molecule has 0 aliphatic carbocycles. The van der Waals surface area contributed by atoms with Crippen LogP contribution in [0.3, 0.4) is 0 Å². The largest absolute Gasteiger partial charge is 0.372 e. The highest BCUT2D eigenvalue weighted by molar-refractivity contribution is 7.19. The summed E-state index contributed by atoms with van der Waals surface area (Å²) in [6.07, 6.45) is 0.311. The van der Waals surface area contributed by atoms with E-state index in [0.717, 1.165) is 45.7 Å². The van der Waals surface area contributed by atoms with Crippen molar-refractivity contribution in [2.75, 3.05) is 18.0 Å². The SMILES string of the molecule is Cc1cc(-c2sc(N3C[C@@H](C)O[C@@H](C)C3)nc2CNC(=O)c2ccccc2)cc(C)n1. The molecule has 3 aromatic rings. The van der Waals surface area contributed by atoms with Crippen molar-refractivity contribution in [3.8, 4) is 10.4 Å². The summed E-state index contributed by atoms with van der Waals surface area (Å²) >= 11 is 1.67. The van der Waals surface area contributed by atoms with Gasteiger partial charge in [-0.3, -0.25) is 9.78 Å². The highest BCUT2D eigenvalue weighted by Crippen LogP contribution is 2.36. The van der Waals surface area contributed by atoms with Gasteiger partial charge in [-0.2, -0.15) is 0 Å². The van der Waals surface area contributed by atoms with Gasteiger partial charge in [-0.05, 0) is 57.5 Å². The molecule has 31 heavy (non-hydrogen) atoms. The van der Waals surface area contributed by atoms with E-state index >= 15 is 0 Å². The predicted molar refractivity (Wildman–Crippen MR) is 125 cm³/mol. The summed E-state index contributed by atoms with van der Waals surface area (Å²) in [5.41, 5.74) is 4.55. The van der Waals surface area contributed by atoms with Gasteiger partial charge in [0, 0.05) is 30.0 Å². The number of rotatable bonds is 5. The summed E-state index contributed by atoms with van der Waals surface area (Å²) < 4.78 is 5.89. The zero-order valence-electron chi connectivity index (χ0n) is 18.4. The Hall–Kier alpha value is -2.77. The molecule has 2 atom stereocenters. The minimum absolute atomic E-state index is 0.100. The molecule has 0 bridgehead atoms. The first kappa shape index (κ1) is 21.5. The molecule has 4 rings (SSSR count). The van der Waals surface area contributed by atoms with Crippen LogP contribution in [0, 0.1) is 13.8 Å². The molecule has 0 spiro atoms. The molecule has 0 radical (unpaired) electrons. The molecule has 0 saturated carbocycles. The maximum absolute atomic E-state index is 12.6. The van der Waals surface area contributed by atoms with Crippen LogP contribution in [0.5, 0.6) is 0 Å². The van der Waals surface area contributed by atoms with Crippen LogP contribution in [0.25, 0.3) is 10.4 Å². The molecule has 6 nitrogen and oxygen atoms in total. The van der Waals surface area contributed by atoms with E-state index in [1.807, 2.05) is 44.2 Å². The van der Waals surface area contributed by atoms with E-state index in [0.29, 0.717) is 12.1 Å². The lowest BCUT2D eigenvalue weighted by Crippen LogP contribution is -2.45. The molecule has 162 valence electrons. The van der Waals surface area contributed by atoms with E-state index < -0.39 is 0 Å². The van der Waals surface area contributed by atoms with Gasteiger partial charge in [0.2, 0.25) is 0 Å². The minimum atomic E-state index is -0.100. The van der Waals surface area contributed by atoms with Crippen LogP contribution in [0.2, 0.25) is 0 Å². The standard InChI is InChI=1S/C24H28N4O2S/c1-15-10-20(11-16(2)26-15)22-21(12-25-23(29)19-8-6-5-7-9-19)27-24(31-22)28-13-17(3)30-18(4)14-28/h5-11,17-18H,12-14H2,1-4H3,(H,25,29)/t17-,18+. The number of anilines is 1. The Morgan fingerprint density at radius 2 is 1.74 bits per heavy atom. The molecule has 3 heterocycles. The Labute approximate surface area is 187 Å². The molecule has 7 heteroatoms. The van der Waals surface area contributed by atoms with Gasteiger partial charge in [0.15, 0.2) is 5.13 Å². The van der Waals surface area contributed by atoms with Crippen molar-refractivity contribution in [1.29, 1.82) is 0 Å². The van der Waals surface area contributed by atoms with E-state index in [9.17, 15) is 4.79 Å². The van der Waals surface area contributed by atoms with Gasteiger partial charge in [0.25, 0.3) is 5.91 Å². The average molecular weight is 437 g/mol. The van der Waals surface area contributed by atoms with Crippen LogP contribution in [-0.4, -0.2) is 41.2 Å². The van der Waals surface area contributed by atoms with Crippen molar-refractivity contribution >= 4 is 22.4 Å². The lowest BCUT2D eigenvalue weighted by molar-refractivity contribution is -0.00523. The van der Waals surface area contributed by atoms with Crippen molar-refractivity contribution in [3.05, 3.63) is 65.1 Å². The van der Waals surface area contributed by atoms with Crippen molar-refractivity contribution in [2.24, 2.45) is 0 Å². The first-order valence-corrected chi connectivity index (χ1v) is 11.4. The van der Waals surface area contributed by atoms with Crippen molar-refractivity contribution in [3.63, 3.8) is 0 Å². The first-order valence-electron chi connectivity index (χ1n) is 10.6. The monoisotopic (exact) mass is 436 g/mol. The lowest BCUT2D eigenvalue weighted by atomic mass is 10.1. The van der Waals surface area contributed by atoms with Gasteiger partial charge in [-0.25, -0.2) is 4.98 Å². The Morgan fingerprint density at radius 3 is 2.39 bits per heavy atom. The molecule has 1 fully saturated rings. The summed E-state index contributed by atoms with van der Waals surface area (Å²) in [5, 5.41) is 4.00. The van der Waals surface area contributed by atoms with Gasteiger partial charge < -0.3 is 15.0 Å². The number of ether oxygens (including phenoxy) is 1. The molecule has 1 aromatic carbocycles. The van der Waals surface area contributed by atoms with E-state index in [4.69, 9.17) is 9.72 Å². The number of morpholine rings is 1. The second-order valence-electron chi connectivity index (χ2n) is 8.12. The smallest absolute Gasteiger partial charge is 0.251 e. The second kappa shape index (κ2) is 9.16. The van der Waals surface area contributed by atoms with E-state index in [2.05, 4.69) is 41.2 Å². The number of benzene rings is 1. The Balaban J connectivity index is 1.65. The second-order valence-corrected chi connectivity index (χ2v) is 9.10. The highest BCUT2D eigenvalue weighted by Gasteiger charge is 2.26. The van der Waals surface area contributed by atoms with Crippen LogP contribution in [0.1, 0.15) is 41.3 Å². The molecule has 1 saturated heterocycles. The normalized spacial score (nSPS) is 18.8. The highest BCUT2D eigenvalue weighted by atomic mass is 32.1. The van der Waals surface area contributed by atoms with Gasteiger partial charge in [0.05, 0.1) is 29.3 Å². The summed E-state index contributed by atoms with van der Waals surface area (Å²) in [4.78, 5) is 25.4. The number of carbonyl (C=O) groups excluding carboxylic acids is 1. The van der Waals surface area contributed by atoms with Gasteiger partial charge in [0.1, 0.15) is 0 Å². The number of hydrogen-bond donors (Lipinski definition) is 1. The Morgan fingerprint density at radius 1 is 1.10 bits per heavy atom.